The second-order valence-corrected chi connectivity index (χ2v) is 6.61. The molecule has 0 aliphatic heterocycles. The van der Waals surface area contributed by atoms with Crippen molar-refractivity contribution in [1.29, 1.82) is 0 Å². The molecule has 0 atom stereocenters. The molecule has 0 radical (unpaired) electrons. The minimum Gasteiger partial charge on any atom is -0.326 e. The van der Waals surface area contributed by atoms with Gasteiger partial charge in [-0.25, -0.2) is 9.97 Å². The van der Waals surface area contributed by atoms with E-state index < -0.39 is 0 Å². The van der Waals surface area contributed by atoms with E-state index in [0.29, 0.717) is 12.8 Å². The molecule has 0 saturated heterocycles. The van der Waals surface area contributed by atoms with Gasteiger partial charge >= 0.3 is 0 Å². The third-order valence-electron chi connectivity index (χ3n) is 3.29. The number of aryl methyl sites for hydroxylation is 2. The molecule has 0 aliphatic carbocycles. The summed E-state index contributed by atoms with van der Waals surface area (Å²) in [5.74, 6) is -0.00848. The van der Waals surface area contributed by atoms with E-state index in [1.807, 2.05) is 44.4 Å². The first kappa shape index (κ1) is 17.0. The standard InChI is InChI=1S/C16H18BrN3OS/c1-10-14(11(2)19-16(18-10)22-3)7-8-15(21)20-13-6-4-5-12(17)9-13/h4-6,9H,7-8H2,1-3H3,(H,20,21). The van der Waals surface area contributed by atoms with E-state index in [-0.39, 0.29) is 5.91 Å². The monoisotopic (exact) mass is 379 g/mol. The van der Waals surface area contributed by atoms with E-state index in [4.69, 9.17) is 0 Å². The van der Waals surface area contributed by atoms with Crippen LogP contribution in [-0.2, 0) is 11.2 Å². The van der Waals surface area contributed by atoms with Gasteiger partial charge in [-0.3, -0.25) is 4.79 Å². The fraction of sp³-hybridized carbons (Fsp3) is 0.312. The smallest absolute Gasteiger partial charge is 0.224 e. The van der Waals surface area contributed by atoms with Crippen LogP contribution >= 0.6 is 27.7 Å². The number of amides is 1. The SMILES string of the molecule is CSc1nc(C)c(CCC(=O)Nc2cccc(Br)c2)c(C)n1. The lowest BCUT2D eigenvalue weighted by atomic mass is 10.1. The molecule has 0 aliphatic rings. The van der Waals surface area contributed by atoms with Crippen molar-refractivity contribution in [3.05, 3.63) is 45.7 Å². The molecule has 1 amide bonds. The van der Waals surface area contributed by atoms with Crippen LogP contribution in [0.25, 0.3) is 0 Å². The first-order chi connectivity index (χ1) is 10.5. The molecule has 0 saturated carbocycles. The predicted molar refractivity (Wildman–Crippen MR) is 94.4 cm³/mol. The molecule has 22 heavy (non-hydrogen) atoms. The van der Waals surface area contributed by atoms with Crippen molar-refractivity contribution in [2.24, 2.45) is 0 Å². The van der Waals surface area contributed by atoms with Crippen molar-refractivity contribution < 1.29 is 4.79 Å². The topological polar surface area (TPSA) is 54.9 Å². The lowest BCUT2D eigenvalue weighted by Gasteiger charge is -2.10. The summed E-state index contributed by atoms with van der Waals surface area (Å²) in [7, 11) is 0. The number of benzene rings is 1. The summed E-state index contributed by atoms with van der Waals surface area (Å²) in [6.45, 7) is 3.94. The van der Waals surface area contributed by atoms with Crippen LogP contribution in [0.4, 0.5) is 5.69 Å². The highest BCUT2D eigenvalue weighted by atomic mass is 79.9. The number of hydrogen-bond donors (Lipinski definition) is 1. The average Bonchev–Trinajstić information content (AvgIpc) is 2.46. The zero-order valence-corrected chi connectivity index (χ0v) is 15.2. The Labute approximate surface area is 143 Å². The van der Waals surface area contributed by atoms with Gasteiger partial charge in [0, 0.05) is 28.0 Å². The molecule has 1 aromatic heterocycles. The first-order valence-electron chi connectivity index (χ1n) is 6.93. The van der Waals surface area contributed by atoms with Crippen LogP contribution in [0.15, 0.2) is 33.9 Å². The number of thioether (sulfide) groups is 1. The second-order valence-electron chi connectivity index (χ2n) is 4.92. The lowest BCUT2D eigenvalue weighted by molar-refractivity contribution is -0.116. The zero-order chi connectivity index (χ0) is 16.1. The summed E-state index contributed by atoms with van der Waals surface area (Å²) in [6.07, 6.45) is 3.02. The summed E-state index contributed by atoms with van der Waals surface area (Å²) < 4.78 is 0.943. The van der Waals surface area contributed by atoms with Crippen LogP contribution in [-0.4, -0.2) is 22.1 Å². The molecule has 0 bridgehead atoms. The number of halogens is 1. The van der Waals surface area contributed by atoms with Gasteiger partial charge in [0.1, 0.15) is 0 Å². The molecule has 0 fully saturated rings. The van der Waals surface area contributed by atoms with E-state index >= 15 is 0 Å². The summed E-state index contributed by atoms with van der Waals surface area (Å²) in [6, 6.07) is 7.57. The Morgan fingerprint density at radius 3 is 2.55 bits per heavy atom. The zero-order valence-electron chi connectivity index (χ0n) is 12.8. The number of rotatable bonds is 5. The van der Waals surface area contributed by atoms with E-state index in [1.165, 1.54) is 11.8 Å². The van der Waals surface area contributed by atoms with Gasteiger partial charge in [0.2, 0.25) is 5.91 Å². The van der Waals surface area contributed by atoms with E-state index in [9.17, 15) is 4.79 Å². The number of nitrogens with one attached hydrogen (secondary N) is 1. The molecule has 116 valence electrons. The van der Waals surface area contributed by atoms with Gasteiger partial charge in [0.25, 0.3) is 0 Å². The largest absolute Gasteiger partial charge is 0.326 e. The molecule has 1 heterocycles. The van der Waals surface area contributed by atoms with E-state index in [0.717, 1.165) is 32.3 Å². The summed E-state index contributed by atoms with van der Waals surface area (Å²) in [5, 5.41) is 3.68. The van der Waals surface area contributed by atoms with Gasteiger partial charge in [0.05, 0.1) is 0 Å². The number of hydrogen-bond acceptors (Lipinski definition) is 4. The average molecular weight is 380 g/mol. The van der Waals surface area contributed by atoms with Crippen molar-refractivity contribution in [2.45, 2.75) is 31.8 Å². The summed E-state index contributed by atoms with van der Waals surface area (Å²) >= 11 is 4.92. The maximum Gasteiger partial charge on any atom is 0.224 e. The Morgan fingerprint density at radius 1 is 1.27 bits per heavy atom. The molecule has 0 unspecified atom stereocenters. The van der Waals surface area contributed by atoms with Crippen molar-refractivity contribution in [3.8, 4) is 0 Å². The number of anilines is 1. The van der Waals surface area contributed by atoms with Crippen LogP contribution in [0.5, 0.6) is 0 Å². The van der Waals surface area contributed by atoms with Gasteiger partial charge < -0.3 is 5.32 Å². The van der Waals surface area contributed by atoms with Gasteiger partial charge in [-0.15, -0.1) is 0 Å². The third-order valence-corrected chi connectivity index (χ3v) is 4.33. The normalized spacial score (nSPS) is 10.5. The molecule has 2 aromatic rings. The Bertz CT molecular complexity index is 668. The van der Waals surface area contributed by atoms with Crippen LogP contribution in [0.1, 0.15) is 23.4 Å². The van der Waals surface area contributed by atoms with Gasteiger partial charge in [-0.1, -0.05) is 33.8 Å². The minimum absolute atomic E-state index is 0.00848. The van der Waals surface area contributed by atoms with Gasteiger partial charge in [-0.2, -0.15) is 0 Å². The number of nitrogens with zero attached hydrogens (tertiary/aromatic N) is 2. The van der Waals surface area contributed by atoms with Crippen LogP contribution in [0.2, 0.25) is 0 Å². The molecule has 1 aromatic carbocycles. The molecule has 4 nitrogen and oxygen atoms in total. The third kappa shape index (κ3) is 4.55. The van der Waals surface area contributed by atoms with E-state index in [2.05, 4.69) is 31.2 Å². The fourth-order valence-electron chi connectivity index (χ4n) is 2.19. The van der Waals surface area contributed by atoms with Crippen LogP contribution in [0.3, 0.4) is 0 Å². The van der Waals surface area contributed by atoms with Crippen molar-refractivity contribution in [2.75, 3.05) is 11.6 Å². The molecular weight excluding hydrogens is 362 g/mol. The number of aromatic nitrogens is 2. The first-order valence-corrected chi connectivity index (χ1v) is 8.95. The maximum atomic E-state index is 12.1. The Hall–Kier alpha value is -1.40. The van der Waals surface area contributed by atoms with Crippen molar-refractivity contribution in [1.82, 2.24) is 9.97 Å². The molecule has 0 spiro atoms. The van der Waals surface area contributed by atoms with Crippen LogP contribution in [0, 0.1) is 13.8 Å². The van der Waals surface area contributed by atoms with Crippen molar-refractivity contribution in [3.63, 3.8) is 0 Å². The highest BCUT2D eigenvalue weighted by molar-refractivity contribution is 9.10. The second kappa shape index (κ2) is 7.74. The maximum absolute atomic E-state index is 12.1. The quantitative estimate of drug-likeness (QED) is 0.626. The van der Waals surface area contributed by atoms with Crippen LogP contribution < -0.4 is 5.32 Å². The summed E-state index contributed by atoms with van der Waals surface area (Å²) in [5.41, 5.74) is 3.75. The molecular formula is C16H18BrN3OS. The molecule has 6 heteroatoms. The molecule has 2 rings (SSSR count). The van der Waals surface area contributed by atoms with E-state index in [1.54, 1.807) is 0 Å². The highest BCUT2D eigenvalue weighted by Gasteiger charge is 2.10. The van der Waals surface area contributed by atoms with Crippen molar-refractivity contribution >= 4 is 39.3 Å². The fourth-order valence-corrected chi connectivity index (χ4v) is 3.05. The Balaban J connectivity index is 1.99. The predicted octanol–water partition coefficient (Wildman–Crippen LogP) is 4.15. The Kier molecular flexibility index (Phi) is 5.97. The lowest BCUT2D eigenvalue weighted by Crippen LogP contribution is -2.13. The number of carbonyl (C=O) groups is 1. The molecule has 1 N–H and O–H groups in total. The van der Waals surface area contributed by atoms with Gasteiger partial charge in [0.15, 0.2) is 5.16 Å². The summed E-state index contributed by atoms with van der Waals surface area (Å²) in [4.78, 5) is 21.0. The Morgan fingerprint density at radius 2 is 1.95 bits per heavy atom. The highest BCUT2D eigenvalue weighted by Crippen LogP contribution is 2.18. The minimum atomic E-state index is -0.00848. The van der Waals surface area contributed by atoms with Gasteiger partial charge in [-0.05, 0) is 50.3 Å². The number of carbonyl (C=O) groups excluding carboxylic acids is 1.